The van der Waals surface area contributed by atoms with Crippen LogP contribution in [0.4, 0.5) is 23.2 Å². The zero-order valence-electron chi connectivity index (χ0n) is 15.4. The molecule has 30 heavy (non-hydrogen) atoms. The Kier molecular flexibility index (Phi) is 6.40. The van der Waals surface area contributed by atoms with Gasteiger partial charge in [0, 0.05) is 19.0 Å². The molecule has 5 nitrogen and oxygen atoms in total. The van der Waals surface area contributed by atoms with E-state index < -0.39 is 44.3 Å². The molecule has 1 saturated heterocycles. The summed E-state index contributed by atoms with van der Waals surface area (Å²) in [6.45, 7) is -0.215. The fraction of sp³-hybridized carbons (Fsp3) is 0.316. The van der Waals surface area contributed by atoms with Crippen LogP contribution in [0.1, 0.15) is 18.4 Å². The fourth-order valence-corrected chi connectivity index (χ4v) is 5.15. The van der Waals surface area contributed by atoms with Gasteiger partial charge in [0.1, 0.15) is 5.82 Å². The lowest BCUT2D eigenvalue weighted by atomic mass is 9.97. The van der Waals surface area contributed by atoms with E-state index in [0.717, 1.165) is 34.6 Å². The number of hydrogen-bond acceptors (Lipinski definition) is 3. The number of alkyl halides is 3. The minimum Gasteiger partial charge on any atom is -0.325 e. The second-order valence-corrected chi connectivity index (χ2v) is 9.10. The van der Waals surface area contributed by atoms with E-state index in [2.05, 4.69) is 5.32 Å². The third-order valence-corrected chi connectivity index (χ3v) is 7.09. The van der Waals surface area contributed by atoms with Gasteiger partial charge in [-0.2, -0.15) is 17.5 Å². The standard InChI is InChI=1S/C19H17ClF4N2O3S/c20-15-11-13(21)5-6-16(15)25-18(27)12-7-9-26(10-8-12)30(28,29)17-4-2-1-3-14(17)19(22,23)24/h1-6,11-12H,7-10H2,(H,25,27). The van der Waals surface area contributed by atoms with Gasteiger partial charge in [-0.05, 0) is 43.2 Å². The molecule has 1 aliphatic rings. The van der Waals surface area contributed by atoms with Crippen molar-refractivity contribution in [2.75, 3.05) is 18.4 Å². The molecular formula is C19H17ClF4N2O3S. The number of anilines is 1. The van der Waals surface area contributed by atoms with Crippen LogP contribution in [0.15, 0.2) is 47.4 Å². The summed E-state index contributed by atoms with van der Waals surface area (Å²) in [5, 5.41) is 2.59. The van der Waals surface area contributed by atoms with Crippen molar-refractivity contribution in [2.45, 2.75) is 23.9 Å². The van der Waals surface area contributed by atoms with Gasteiger partial charge in [0.05, 0.1) is 21.2 Å². The molecule has 11 heteroatoms. The summed E-state index contributed by atoms with van der Waals surface area (Å²) in [7, 11) is -4.38. The highest BCUT2D eigenvalue weighted by Crippen LogP contribution is 2.36. The van der Waals surface area contributed by atoms with Gasteiger partial charge in [-0.1, -0.05) is 23.7 Å². The molecule has 0 radical (unpaired) electrons. The van der Waals surface area contributed by atoms with E-state index in [1.165, 1.54) is 12.1 Å². The van der Waals surface area contributed by atoms with Gasteiger partial charge in [-0.15, -0.1) is 0 Å². The molecule has 1 N–H and O–H groups in total. The van der Waals surface area contributed by atoms with Crippen LogP contribution in [0, 0.1) is 11.7 Å². The quantitative estimate of drug-likeness (QED) is 0.676. The van der Waals surface area contributed by atoms with Crippen LogP contribution in [0.2, 0.25) is 5.02 Å². The lowest BCUT2D eigenvalue weighted by Crippen LogP contribution is -2.41. The molecule has 0 unspecified atom stereocenters. The first-order valence-electron chi connectivity index (χ1n) is 8.92. The van der Waals surface area contributed by atoms with Crippen LogP contribution < -0.4 is 5.32 Å². The van der Waals surface area contributed by atoms with E-state index in [1.807, 2.05) is 0 Å². The molecule has 1 amide bonds. The van der Waals surface area contributed by atoms with E-state index in [4.69, 9.17) is 11.6 Å². The molecule has 0 atom stereocenters. The van der Waals surface area contributed by atoms with Gasteiger partial charge in [-0.25, -0.2) is 12.8 Å². The lowest BCUT2D eigenvalue weighted by molar-refractivity contribution is -0.139. The average Bonchev–Trinajstić information content (AvgIpc) is 2.69. The predicted molar refractivity (Wildman–Crippen MR) is 103 cm³/mol. The second kappa shape index (κ2) is 8.52. The zero-order valence-corrected chi connectivity index (χ0v) is 17.0. The monoisotopic (exact) mass is 464 g/mol. The molecule has 0 spiro atoms. The highest BCUT2D eigenvalue weighted by atomic mass is 35.5. The minimum absolute atomic E-state index is 0.0205. The first-order chi connectivity index (χ1) is 14.0. The SMILES string of the molecule is O=C(Nc1ccc(F)cc1Cl)C1CCN(S(=O)(=O)c2ccccc2C(F)(F)F)CC1. The summed E-state index contributed by atoms with van der Waals surface area (Å²) in [4.78, 5) is 11.6. The zero-order chi connectivity index (χ0) is 22.1. The highest BCUT2D eigenvalue weighted by molar-refractivity contribution is 7.89. The summed E-state index contributed by atoms with van der Waals surface area (Å²) in [5.41, 5.74) is -1.01. The first kappa shape index (κ1) is 22.5. The van der Waals surface area contributed by atoms with Crippen molar-refractivity contribution in [1.82, 2.24) is 4.31 Å². The van der Waals surface area contributed by atoms with E-state index >= 15 is 0 Å². The average molecular weight is 465 g/mol. The summed E-state index contributed by atoms with van der Waals surface area (Å²) in [6.07, 6.45) is -4.56. The molecule has 2 aromatic carbocycles. The molecule has 1 heterocycles. The van der Waals surface area contributed by atoms with Gasteiger partial charge < -0.3 is 5.32 Å². The van der Waals surface area contributed by atoms with Crippen molar-refractivity contribution in [3.63, 3.8) is 0 Å². The Hall–Kier alpha value is -2.17. The Morgan fingerprint density at radius 1 is 1.10 bits per heavy atom. The fourth-order valence-electron chi connectivity index (χ4n) is 3.25. The van der Waals surface area contributed by atoms with Gasteiger partial charge in [0.25, 0.3) is 0 Å². The highest BCUT2D eigenvalue weighted by Gasteiger charge is 2.40. The number of nitrogens with one attached hydrogen (secondary N) is 1. The number of benzene rings is 2. The van der Waals surface area contributed by atoms with Crippen molar-refractivity contribution < 1.29 is 30.8 Å². The molecule has 2 aromatic rings. The molecular weight excluding hydrogens is 448 g/mol. The number of hydrogen-bond donors (Lipinski definition) is 1. The molecule has 0 bridgehead atoms. The van der Waals surface area contributed by atoms with E-state index in [1.54, 1.807) is 0 Å². The normalized spacial score (nSPS) is 16.4. The maximum atomic E-state index is 13.2. The Morgan fingerprint density at radius 2 is 1.73 bits per heavy atom. The van der Waals surface area contributed by atoms with E-state index in [0.29, 0.717) is 0 Å². The van der Waals surface area contributed by atoms with Crippen molar-refractivity contribution in [3.8, 4) is 0 Å². The Bertz CT molecular complexity index is 1050. The van der Waals surface area contributed by atoms with Crippen molar-refractivity contribution in [2.24, 2.45) is 5.92 Å². The van der Waals surface area contributed by atoms with Crippen molar-refractivity contribution in [3.05, 3.63) is 58.9 Å². The molecule has 1 fully saturated rings. The maximum absolute atomic E-state index is 13.2. The minimum atomic E-state index is -4.81. The van der Waals surface area contributed by atoms with Gasteiger partial charge >= 0.3 is 6.18 Å². The van der Waals surface area contributed by atoms with Crippen LogP contribution in [0.5, 0.6) is 0 Å². The van der Waals surface area contributed by atoms with Crippen LogP contribution in [0.25, 0.3) is 0 Å². The van der Waals surface area contributed by atoms with Crippen LogP contribution >= 0.6 is 11.6 Å². The lowest BCUT2D eigenvalue weighted by Gasteiger charge is -2.31. The number of sulfonamides is 1. The van der Waals surface area contributed by atoms with E-state index in [-0.39, 0.29) is 36.6 Å². The van der Waals surface area contributed by atoms with Gasteiger partial charge in [0.2, 0.25) is 15.9 Å². The largest absolute Gasteiger partial charge is 0.417 e. The first-order valence-corrected chi connectivity index (χ1v) is 10.7. The summed E-state index contributed by atoms with van der Waals surface area (Å²) in [5.74, 6) is -1.54. The Morgan fingerprint density at radius 3 is 2.33 bits per heavy atom. The Labute approximate surface area is 175 Å². The number of rotatable bonds is 4. The number of carbonyl (C=O) groups excluding carboxylic acids is 1. The third kappa shape index (κ3) is 4.76. The topological polar surface area (TPSA) is 66.5 Å². The molecule has 0 aromatic heterocycles. The van der Waals surface area contributed by atoms with Crippen molar-refractivity contribution >= 4 is 33.2 Å². The molecule has 0 saturated carbocycles. The van der Waals surface area contributed by atoms with Gasteiger partial charge in [0.15, 0.2) is 0 Å². The number of piperidine rings is 1. The number of nitrogens with zero attached hydrogens (tertiary/aromatic N) is 1. The maximum Gasteiger partial charge on any atom is 0.417 e. The molecule has 3 rings (SSSR count). The van der Waals surface area contributed by atoms with Crippen LogP contribution in [0.3, 0.4) is 0 Å². The summed E-state index contributed by atoms with van der Waals surface area (Å²) < 4.78 is 79.2. The molecule has 162 valence electrons. The van der Waals surface area contributed by atoms with Crippen molar-refractivity contribution in [1.29, 1.82) is 0 Å². The predicted octanol–water partition coefficient (Wildman–Crippen LogP) is 4.54. The number of halogens is 5. The Balaban J connectivity index is 1.70. The van der Waals surface area contributed by atoms with E-state index in [9.17, 15) is 30.8 Å². The smallest absolute Gasteiger partial charge is 0.325 e. The molecule has 0 aliphatic carbocycles. The van der Waals surface area contributed by atoms with Crippen LogP contribution in [-0.4, -0.2) is 31.7 Å². The third-order valence-electron chi connectivity index (χ3n) is 4.82. The second-order valence-electron chi connectivity index (χ2n) is 6.79. The van der Waals surface area contributed by atoms with Crippen LogP contribution in [-0.2, 0) is 21.0 Å². The summed E-state index contributed by atoms with van der Waals surface area (Å²) in [6, 6.07) is 7.49. The number of carbonyl (C=O) groups is 1. The summed E-state index contributed by atoms with van der Waals surface area (Å²) >= 11 is 5.88. The van der Waals surface area contributed by atoms with Gasteiger partial charge in [-0.3, -0.25) is 4.79 Å². The molecule has 1 aliphatic heterocycles. The number of amides is 1.